The van der Waals surface area contributed by atoms with Crippen LogP contribution >= 0.6 is 31.9 Å². The van der Waals surface area contributed by atoms with E-state index in [-0.39, 0.29) is 0 Å². The third kappa shape index (κ3) is 1.10. The third-order valence-electron chi connectivity index (χ3n) is 1.75. The van der Waals surface area contributed by atoms with E-state index in [1.165, 1.54) is 5.56 Å². The van der Waals surface area contributed by atoms with E-state index in [1.54, 1.807) is 0 Å². The van der Waals surface area contributed by atoms with E-state index in [1.807, 2.05) is 29.7 Å². The molecular formula is C8H6Br2N2. The summed E-state index contributed by atoms with van der Waals surface area (Å²) in [6.07, 6.45) is 1.98. The van der Waals surface area contributed by atoms with Crippen LogP contribution in [0.25, 0.3) is 5.65 Å². The molecule has 2 nitrogen and oxygen atoms in total. The molecule has 0 aliphatic rings. The first-order chi connectivity index (χ1) is 5.70. The Kier molecular flexibility index (Phi) is 1.96. The van der Waals surface area contributed by atoms with Crippen LogP contribution in [0.3, 0.4) is 0 Å². The van der Waals surface area contributed by atoms with Crippen molar-refractivity contribution in [3.63, 3.8) is 0 Å². The van der Waals surface area contributed by atoms with E-state index < -0.39 is 0 Å². The van der Waals surface area contributed by atoms with Crippen molar-refractivity contribution in [3.8, 4) is 0 Å². The lowest BCUT2D eigenvalue weighted by Gasteiger charge is -1.96. The zero-order valence-electron chi connectivity index (χ0n) is 6.38. The molecule has 2 rings (SSSR count). The first-order valence-electron chi connectivity index (χ1n) is 3.49. The second kappa shape index (κ2) is 2.85. The van der Waals surface area contributed by atoms with Crippen molar-refractivity contribution in [2.75, 3.05) is 0 Å². The molecular weight excluding hydrogens is 284 g/mol. The molecule has 0 unspecified atom stereocenters. The Hall–Kier alpha value is -0.350. The van der Waals surface area contributed by atoms with Crippen molar-refractivity contribution >= 4 is 37.5 Å². The number of rotatable bonds is 0. The summed E-state index contributed by atoms with van der Waals surface area (Å²) in [4.78, 5) is 4.34. The fourth-order valence-electron chi connectivity index (χ4n) is 1.15. The molecule has 0 amide bonds. The fourth-order valence-corrected chi connectivity index (χ4v) is 1.88. The van der Waals surface area contributed by atoms with Crippen LogP contribution < -0.4 is 0 Å². The fraction of sp³-hybridized carbons (Fsp3) is 0.125. The molecule has 12 heavy (non-hydrogen) atoms. The first-order valence-corrected chi connectivity index (χ1v) is 5.07. The molecule has 0 saturated carbocycles. The number of hydrogen-bond acceptors (Lipinski definition) is 1. The van der Waals surface area contributed by atoms with Gasteiger partial charge in [0.1, 0.15) is 14.9 Å². The van der Waals surface area contributed by atoms with Gasteiger partial charge in [-0.05, 0) is 50.4 Å². The molecule has 0 aliphatic carbocycles. The van der Waals surface area contributed by atoms with Crippen molar-refractivity contribution in [2.24, 2.45) is 0 Å². The predicted molar refractivity (Wildman–Crippen MR) is 55.3 cm³/mol. The predicted octanol–water partition coefficient (Wildman–Crippen LogP) is 3.17. The second-order valence-electron chi connectivity index (χ2n) is 2.58. The van der Waals surface area contributed by atoms with Gasteiger partial charge in [0.15, 0.2) is 0 Å². The maximum atomic E-state index is 4.34. The van der Waals surface area contributed by atoms with E-state index in [0.717, 1.165) is 14.9 Å². The first kappa shape index (κ1) is 8.26. The number of imidazole rings is 1. The summed E-state index contributed by atoms with van der Waals surface area (Å²) in [6.45, 7) is 2.04. The molecule has 2 heterocycles. The van der Waals surface area contributed by atoms with Crippen LogP contribution in [0.5, 0.6) is 0 Å². The van der Waals surface area contributed by atoms with Crippen molar-refractivity contribution in [3.05, 3.63) is 33.1 Å². The highest BCUT2D eigenvalue weighted by atomic mass is 79.9. The number of fused-ring (bicyclic) bond motifs is 1. The van der Waals surface area contributed by atoms with Gasteiger partial charge in [0.25, 0.3) is 0 Å². The zero-order chi connectivity index (χ0) is 8.72. The van der Waals surface area contributed by atoms with Crippen LogP contribution in [0.1, 0.15) is 5.56 Å². The highest BCUT2D eigenvalue weighted by Gasteiger charge is 2.07. The normalized spacial score (nSPS) is 10.9. The number of aromatic nitrogens is 2. The lowest BCUT2D eigenvalue weighted by molar-refractivity contribution is 1.13. The largest absolute Gasteiger partial charge is 0.293 e. The lowest BCUT2D eigenvalue weighted by atomic mass is 10.3. The van der Waals surface area contributed by atoms with Crippen LogP contribution in [-0.4, -0.2) is 9.38 Å². The molecule has 2 aromatic heterocycles. The molecule has 0 aromatic carbocycles. The molecule has 62 valence electrons. The summed E-state index contributed by atoms with van der Waals surface area (Å²) in [5.74, 6) is 0. The molecule has 4 heteroatoms. The Morgan fingerprint density at radius 1 is 1.42 bits per heavy atom. The third-order valence-corrected chi connectivity index (χ3v) is 3.59. The molecule has 0 fully saturated rings. The number of nitrogens with zero attached hydrogens (tertiary/aromatic N) is 2. The summed E-state index contributed by atoms with van der Waals surface area (Å²) in [5, 5.41) is 0. The van der Waals surface area contributed by atoms with E-state index in [0.29, 0.717) is 0 Å². The number of halogens is 2. The highest BCUT2D eigenvalue weighted by molar-refractivity contribution is 9.13. The van der Waals surface area contributed by atoms with Crippen molar-refractivity contribution in [2.45, 2.75) is 6.92 Å². The van der Waals surface area contributed by atoms with Gasteiger partial charge in [-0.15, -0.1) is 0 Å². The zero-order valence-corrected chi connectivity index (χ0v) is 9.55. The van der Waals surface area contributed by atoms with E-state index in [2.05, 4.69) is 36.8 Å². The standard InChI is InChI=1S/C8H6Br2N2/c1-5-3-2-4-12-7(10)6(9)11-8(5)12/h2-4H,1H3. The van der Waals surface area contributed by atoms with Crippen molar-refractivity contribution in [1.29, 1.82) is 0 Å². The summed E-state index contributed by atoms with van der Waals surface area (Å²) < 4.78 is 3.80. The number of aryl methyl sites for hydroxylation is 1. The monoisotopic (exact) mass is 288 g/mol. The summed E-state index contributed by atoms with van der Waals surface area (Å²) in [7, 11) is 0. The second-order valence-corrected chi connectivity index (χ2v) is 4.08. The minimum absolute atomic E-state index is 0.844. The molecule has 0 saturated heterocycles. The lowest BCUT2D eigenvalue weighted by Crippen LogP contribution is -1.85. The van der Waals surface area contributed by atoms with Gasteiger partial charge in [-0.3, -0.25) is 4.40 Å². The minimum Gasteiger partial charge on any atom is -0.293 e. The Morgan fingerprint density at radius 2 is 2.17 bits per heavy atom. The molecule has 0 atom stereocenters. The van der Waals surface area contributed by atoms with Crippen molar-refractivity contribution < 1.29 is 0 Å². The summed E-state index contributed by atoms with van der Waals surface area (Å²) in [6, 6.07) is 4.04. The quantitative estimate of drug-likeness (QED) is 0.728. The molecule has 0 aliphatic heterocycles. The van der Waals surface area contributed by atoms with Crippen LogP contribution in [0, 0.1) is 6.92 Å². The molecule has 0 N–H and O–H groups in total. The van der Waals surface area contributed by atoms with Gasteiger partial charge in [-0.2, -0.15) is 0 Å². The van der Waals surface area contributed by atoms with Crippen molar-refractivity contribution in [1.82, 2.24) is 9.38 Å². The average molecular weight is 290 g/mol. The Balaban J connectivity index is 2.95. The molecule has 0 bridgehead atoms. The maximum absolute atomic E-state index is 4.34. The van der Waals surface area contributed by atoms with E-state index in [9.17, 15) is 0 Å². The topological polar surface area (TPSA) is 17.3 Å². The SMILES string of the molecule is Cc1cccn2c(Br)c(Br)nc12. The summed E-state index contributed by atoms with van der Waals surface area (Å²) in [5.41, 5.74) is 2.15. The highest BCUT2D eigenvalue weighted by Crippen LogP contribution is 2.24. The van der Waals surface area contributed by atoms with Gasteiger partial charge in [0.05, 0.1) is 0 Å². The van der Waals surface area contributed by atoms with Gasteiger partial charge in [0, 0.05) is 6.20 Å². The maximum Gasteiger partial charge on any atom is 0.141 e. The summed E-state index contributed by atoms with van der Waals surface area (Å²) >= 11 is 6.80. The van der Waals surface area contributed by atoms with Gasteiger partial charge in [0.2, 0.25) is 0 Å². The van der Waals surface area contributed by atoms with Gasteiger partial charge in [-0.25, -0.2) is 4.98 Å². The minimum atomic E-state index is 0.844. The smallest absolute Gasteiger partial charge is 0.141 e. The number of hydrogen-bond donors (Lipinski definition) is 0. The van der Waals surface area contributed by atoms with Crippen LogP contribution in [-0.2, 0) is 0 Å². The van der Waals surface area contributed by atoms with E-state index >= 15 is 0 Å². The molecule has 2 aromatic rings. The Labute approximate surface area is 86.9 Å². The van der Waals surface area contributed by atoms with Gasteiger partial charge < -0.3 is 0 Å². The Morgan fingerprint density at radius 3 is 2.83 bits per heavy atom. The average Bonchev–Trinajstić information content (AvgIpc) is 2.32. The number of pyridine rings is 1. The van der Waals surface area contributed by atoms with Crippen LogP contribution in [0.2, 0.25) is 0 Å². The van der Waals surface area contributed by atoms with Gasteiger partial charge >= 0.3 is 0 Å². The molecule has 0 spiro atoms. The van der Waals surface area contributed by atoms with Gasteiger partial charge in [-0.1, -0.05) is 6.07 Å². The van der Waals surface area contributed by atoms with Crippen LogP contribution in [0.15, 0.2) is 27.5 Å². The van der Waals surface area contributed by atoms with Crippen LogP contribution in [0.4, 0.5) is 0 Å². The Bertz CT molecular complexity index is 434. The molecule has 0 radical (unpaired) electrons. The van der Waals surface area contributed by atoms with E-state index in [4.69, 9.17) is 0 Å².